The van der Waals surface area contributed by atoms with Crippen molar-refractivity contribution in [2.45, 2.75) is 13.0 Å². The molecule has 0 saturated heterocycles. The van der Waals surface area contributed by atoms with Crippen LogP contribution in [0, 0.1) is 11.3 Å². The predicted octanol–water partition coefficient (Wildman–Crippen LogP) is 1.77. The van der Waals surface area contributed by atoms with Gasteiger partial charge in [-0.25, -0.2) is 13.6 Å². The molecule has 0 aliphatic heterocycles. The Morgan fingerprint density at radius 1 is 1.59 bits per heavy atom. The standard InChI is InChI=1S/C11H9F2NO3/c1-17-11(16)7-3-2-6(4-14)9(10(12)13)8(7)5-15/h2-3,10,15H,5H2,1H3. The second-order valence-electron chi connectivity index (χ2n) is 3.12. The quantitative estimate of drug-likeness (QED) is 0.819. The molecule has 0 bridgehead atoms. The van der Waals surface area contributed by atoms with Crippen LogP contribution in [0.1, 0.15) is 33.5 Å². The maximum Gasteiger partial charge on any atom is 0.338 e. The highest BCUT2D eigenvalue weighted by Crippen LogP contribution is 2.29. The van der Waals surface area contributed by atoms with E-state index in [0.717, 1.165) is 13.2 Å². The third-order valence-electron chi connectivity index (χ3n) is 2.26. The molecule has 6 heteroatoms. The molecule has 1 aromatic rings. The van der Waals surface area contributed by atoms with Crippen molar-refractivity contribution in [2.75, 3.05) is 7.11 Å². The molecule has 0 atom stereocenters. The predicted molar refractivity (Wildman–Crippen MR) is 53.4 cm³/mol. The van der Waals surface area contributed by atoms with Gasteiger partial charge in [0.1, 0.15) is 0 Å². The molecular weight excluding hydrogens is 232 g/mol. The summed E-state index contributed by atoms with van der Waals surface area (Å²) in [6.07, 6.45) is -2.95. The Bertz CT molecular complexity index is 480. The zero-order valence-electron chi connectivity index (χ0n) is 8.91. The van der Waals surface area contributed by atoms with Gasteiger partial charge in [0.2, 0.25) is 0 Å². The van der Waals surface area contributed by atoms with E-state index in [1.165, 1.54) is 6.07 Å². The third-order valence-corrected chi connectivity index (χ3v) is 2.26. The molecule has 0 spiro atoms. The maximum atomic E-state index is 12.8. The number of rotatable bonds is 3. The topological polar surface area (TPSA) is 70.3 Å². The summed E-state index contributed by atoms with van der Waals surface area (Å²) < 4.78 is 30.0. The molecule has 1 aromatic carbocycles. The lowest BCUT2D eigenvalue weighted by Crippen LogP contribution is -2.10. The van der Waals surface area contributed by atoms with E-state index in [0.29, 0.717) is 0 Å². The summed E-state index contributed by atoms with van der Waals surface area (Å²) in [5, 5.41) is 17.8. The zero-order valence-corrected chi connectivity index (χ0v) is 8.91. The first kappa shape index (κ1) is 13.1. The highest BCUT2D eigenvalue weighted by atomic mass is 19.3. The number of nitrogens with zero attached hydrogens (tertiary/aromatic N) is 1. The number of aliphatic hydroxyl groups is 1. The SMILES string of the molecule is COC(=O)c1ccc(C#N)c(C(F)F)c1CO. The molecule has 0 amide bonds. The van der Waals surface area contributed by atoms with Crippen LogP contribution in [0.15, 0.2) is 12.1 Å². The molecule has 1 rings (SSSR count). The van der Waals surface area contributed by atoms with Gasteiger partial charge in [-0.3, -0.25) is 0 Å². The Labute approximate surface area is 96.0 Å². The van der Waals surface area contributed by atoms with Gasteiger partial charge < -0.3 is 9.84 Å². The molecular formula is C11H9F2NO3. The number of nitriles is 1. The highest BCUT2D eigenvalue weighted by molar-refractivity contribution is 5.91. The summed E-state index contributed by atoms with van der Waals surface area (Å²) >= 11 is 0. The number of carbonyl (C=O) groups is 1. The van der Waals surface area contributed by atoms with Crippen LogP contribution in [-0.2, 0) is 11.3 Å². The highest BCUT2D eigenvalue weighted by Gasteiger charge is 2.23. The molecule has 0 aliphatic carbocycles. The molecule has 0 radical (unpaired) electrons. The monoisotopic (exact) mass is 241 g/mol. The van der Waals surface area contributed by atoms with E-state index in [-0.39, 0.29) is 16.7 Å². The fourth-order valence-electron chi connectivity index (χ4n) is 1.48. The molecule has 0 aromatic heterocycles. The van der Waals surface area contributed by atoms with E-state index in [4.69, 9.17) is 10.4 Å². The van der Waals surface area contributed by atoms with E-state index >= 15 is 0 Å². The number of methoxy groups -OCH3 is 1. The van der Waals surface area contributed by atoms with E-state index in [1.54, 1.807) is 6.07 Å². The first-order valence-corrected chi connectivity index (χ1v) is 4.60. The number of benzene rings is 1. The Hall–Kier alpha value is -2.00. The van der Waals surface area contributed by atoms with Crippen LogP contribution in [0.3, 0.4) is 0 Å². The van der Waals surface area contributed by atoms with Gasteiger partial charge in [0, 0.05) is 11.1 Å². The lowest BCUT2D eigenvalue weighted by Gasteiger charge is -2.12. The number of esters is 1. The molecule has 4 nitrogen and oxygen atoms in total. The minimum absolute atomic E-state index is 0.163. The van der Waals surface area contributed by atoms with E-state index in [2.05, 4.69) is 4.74 Å². The van der Waals surface area contributed by atoms with Gasteiger partial charge in [0.15, 0.2) is 0 Å². The first-order valence-electron chi connectivity index (χ1n) is 4.60. The number of carbonyl (C=O) groups excluding carboxylic acids is 1. The lowest BCUT2D eigenvalue weighted by molar-refractivity contribution is 0.0596. The molecule has 0 aliphatic rings. The van der Waals surface area contributed by atoms with Crippen molar-refractivity contribution < 1.29 is 23.4 Å². The molecule has 0 heterocycles. The minimum Gasteiger partial charge on any atom is -0.465 e. The van der Waals surface area contributed by atoms with Crippen molar-refractivity contribution in [3.05, 3.63) is 34.4 Å². The lowest BCUT2D eigenvalue weighted by atomic mass is 9.97. The molecule has 0 fully saturated rings. The number of hydrogen-bond donors (Lipinski definition) is 1. The van der Waals surface area contributed by atoms with Gasteiger partial charge in [-0.05, 0) is 12.1 Å². The third kappa shape index (κ3) is 2.40. The van der Waals surface area contributed by atoms with Gasteiger partial charge in [-0.2, -0.15) is 5.26 Å². The summed E-state index contributed by atoms with van der Waals surface area (Å²) in [6.45, 7) is -0.764. The van der Waals surface area contributed by atoms with Gasteiger partial charge in [-0.15, -0.1) is 0 Å². The van der Waals surface area contributed by atoms with Crippen LogP contribution in [0.5, 0.6) is 0 Å². The van der Waals surface area contributed by atoms with Gasteiger partial charge in [0.05, 0.1) is 30.9 Å². The smallest absolute Gasteiger partial charge is 0.338 e. The van der Waals surface area contributed by atoms with Crippen LogP contribution >= 0.6 is 0 Å². The first-order chi connectivity index (χ1) is 8.06. The number of alkyl halides is 2. The summed E-state index contributed by atoms with van der Waals surface area (Å²) in [5.74, 6) is -0.833. The van der Waals surface area contributed by atoms with Crippen LogP contribution in [0.25, 0.3) is 0 Å². The average molecular weight is 241 g/mol. The van der Waals surface area contributed by atoms with Crippen molar-refractivity contribution >= 4 is 5.97 Å². The van der Waals surface area contributed by atoms with E-state index < -0.39 is 24.6 Å². The molecule has 0 unspecified atom stereocenters. The molecule has 0 saturated carbocycles. The summed E-state index contributed by atoms with van der Waals surface area (Å²) in [4.78, 5) is 11.3. The van der Waals surface area contributed by atoms with Crippen molar-refractivity contribution in [2.24, 2.45) is 0 Å². The Kier molecular flexibility index (Phi) is 4.12. The number of aliphatic hydroxyl groups excluding tert-OH is 1. The summed E-state index contributed by atoms with van der Waals surface area (Å²) in [7, 11) is 1.10. The van der Waals surface area contributed by atoms with Crippen LogP contribution in [-0.4, -0.2) is 18.2 Å². The second-order valence-corrected chi connectivity index (χ2v) is 3.12. The normalized spacial score (nSPS) is 10.1. The molecule has 17 heavy (non-hydrogen) atoms. The van der Waals surface area contributed by atoms with Crippen molar-refractivity contribution in [3.8, 4) is 6.07 Å². The fraction of sp³-hybridized carbons (Fsp3) is 0.273. The van der Waals surface area contributed by atoms with Crippen molar-refractivity contribution in [1.29, 1.82) is 5.26 Å². The summed E-state index contributed by atoms with van der Waals surface area (Å²) in [5.41, 5.74) is -1.33. The Morgan fingerprint density at radius 3 is 2.65 bits per heavy atom. The maximum absolute atomic E-state index is 12.8. The minimum atomic E-state index is -2.95. The van der Waals surface area contributed by atoms with E-state index in [9.17, 15) is 13.6 Å². The molecule has 90 valence electrons. The van der Waals surface area contributed by atoms with Crippen molar-refractivity contribution in [3.63, 3.8) is 0 Å². The molecule has 1 N–H and O–H groups in total. The van der Waals surface area contributed by atoms with Gasteiger partial charge >= 0.3 is 5.97 Å². The zero-order chi connectivity index (χ0) is 13.0. The fourth-order valence-corrected chi connectivity index (χ4v) is 1.48. The second kappa shape index (κ2) is 5.37. The average Bonchev–Trinajstić information content (AvgIpc) is 2.35. The summed E-state index contributed by atoms with van der Waals surface area (Å²) in [6, 6.07) is 3.88. The van der Waals surface area contributed by atoms with Crippen LogP contribution in [0.4, 0.5) is 8.78 Å². The van der Waals surface area contributed by atoms with E-state index in [1.807, 2.05) is 0 Å². The number of hydrogen-bond acceptors (Lipinski definition) is 4. The van der Waals surface area contributed by atoms with Gasteiger partial charge in [-0.1, -0.05) is 0 Å². The van der Waals surface area contributed by atoms with Crippen LogP contribution in [0.2, 0.25) is 0 Å². The number of ether oxygens (including phenoxy) is 1. The van der Waals surface area contributed by atoms with Crippen LogP contribution < -0.4 is 0 Å². The number of halogens is 2. The Morgan fingerprint density at radius 2 is 2.24 bits per heavy atom. The van der Waals surface area contributed by atoms with Crippen molar-refractivity contribution in [1.82, 2.24) is 0 Å². The largest absolute Gasteiger partial charge is 0.465 e. The Balaban J connectivity index is 3.53. The van der Waals surface area contributed by atoms with Gasteiger partial charge in [0.25, 0.3) is 6.43 Å².